The second-order valence-corrected chi connectivity index (χ2v) is 4.93. The molecule has 0 aromatic carbocycles. The zero-order valence-corrected chi connectivity index (χ0v) is 12.0. The molecule has 2 rings (SSSR count). The van der Waals surface area contributed by atoms with Crippen LogP contribution in [0.1, 0.15) is 32.1 Å². The lowest BCUT2D eigenvalue weighted by molar-refractivity contribution is -0.180. The van der Waals surface area contributed by atoms with Crippen molar-refractivity contribution in [1.82, 2.24) is 0 Å². The van der Waals surface area contributed by atoms with Gasteiger partial charge in [-0.05, 0) is 25.5 Å². The maximum atomic E-state index is 9.17. The first-order chi connectivity index (χ1) is 9.33. The first-order valence-corrected chi connectivity index (χ1v) is 7.16. The standard InChI is InChI=1S/C15H22O2.CH5N/c1-2-3-7-13(9-11-16)15-10-6-4-5-8-14(15)12-17-15;1-2/h2-3,7,9,14,16H,1,4-6,8,10-12H2;2H2,1H3/b7-3-,13-9+;/t14?,15-;/m0./s1. The van der Waals surface area contributed by atoms with Crippen molar-refractivity contribution in [3.63, 3.8) is 0 Å². The van der Waals surface area contributed by atoms with Crippen LogP contribution in [0, 0.1) is 5.92 Å². The normalized spacial score (nSPS) is 30.7. The molecule has 3 heteroatoms. The van der Waals surface area contributed by atoms with E-state index in [0.717, 1.165) is 18.6 Å². The molecule has 1 heterocycles. The Morgan fingerprint density at radius 3 is 2.79 bits per heavy atom. The minimum atomic E-state index is -0.112. The van der Waals surface area contributed by atoms with Gasteiger partial charge in [0.25, 0.3) is 0 Å². The van der Waals surface area contributed by atoms with Crippen LogP contribution in [0.2, 0.25) is 0 Å². The van der Waals surface area contributed by atoms with E-state index >= 15 is 0 Å². The Balaban J connectivity index is 0.000000861. The van der Waals surface area contributed by atoms with Gasteiger partial charge in [-0.2, -0.15) is 0 Å². The molecule has 3 nitrogen and oxygen atoms in total. The third-order valence-electron chi connectivity index (χ3n) is 4.01. The van der Waals surface area contributed by atoms with E-state index in [1.807, 2.05) is 18.2 Å². The number of aliphatic hydroxyl groups excluding tert-OH is 1. The Morgan fingerprint density at radius 2 is 2.21 bits per heavy atom. The third-order valence-corrected chi connectivity index (χ3v) is 4.01. The number of nitrogens with two attached hydrogens (primary N) is 1. The SMILES string of the molecule is C=C/C=C\C(=C/CO)[C@@]12CCCCCC1CO2.CN. The van der Waals surface area contributed by atoms with Gasteiger partial charge in [-0.25, -0.2) is 0 Å². The summed E-state index contributed by atoms with van der Waals surface area (Å²) in [6, 6.07) is 0. The fourth-order valence-electron chi connectivity index (χ4n) is 3.07. The van der Waals surface area contributed by atoms with Crippen LogP contribution in [0.25, 0.3) is 0 Å². The first-order valence-electron chi connectivity index (χ1n) is 7.16. The molecular formula is C16H27NO2. The van der Waals surface area contributed by atoms with Gasteiger partial charge in [-0.1, -0.05) is 50.1 Å². The van der Waals surface area contributed by atoms with Gasteiger partial charge in [0.05, 0.1) is 18.8 Å². The number of hydrogen-bond acceptors (Lipinski definition) is 3. The number of ether oxygens (including phenoxy) is 1. The fourth-order valence-corrected chi connectivity index (χ4v) is 3.07. The summed E-state index contributed by atoms with van der Waals surface area (Å²) < 4.78 is 5.95. The predicted molar refractivity (Wildman–Crippen MR) is 79.9 cm³/mol. The highest BCUT2D eigenvalue weighted by atomic mass is 16.5. The summed E-state index contributed by atoms with van der Waals surface area (Å²) >= 11 is 0. The van der Waals surface area contributed by atoms with Crippen molar-refractivity contribution in [2.75, 3.05) is 20.3 Å². The summed E-state index contributed by atoms with van der Waals surface area (Å²) in [4.78, 5) is 0. The second-order valence-electron chi connectivity index (χ2n) is 4.93. The first kappa shape index (κ1) is 16.2. The largest absolute Gasteiger partial charge is 0.392 e. The molecule has 1 aliphatic heterocycles. The molecule has 1 saturated carbocycles. The van der Waals surface area contributed by atoms with Crippen molar-refractivity contribution < 1.29 is 9.84 Å². The van der Waals surface area contributed by atoms with E-state index in [4.69, 9.17) is 4.74 Å². The van der Waals surface area contributed by atoms with Crippen LogP contribution in [-0.4, -0.2) is 31.0 Å². The predicted octanol–water partition coefficient (Wildman–Crippen LogP) is 2.57. The molecule has 0 bridgehead atoms. The van der Waals surface area contributed by atoms with Gasteiger partial charge < -0.3 is 15.6 Å². The molecular weight excluding hydrogens is 238 g/mol. The van der Waals surface area contributed by atoms with E-state index in [0.29, 0.717) is 5.92 Å². The van der Waals surface area contributed by atoms with Gasteiger partial charge >= 0.3 is 0 Å². The molecule has 0 aromatic heterocycles. The Labute approximate surface area is 116 Å². The lowest BCUT2D eigenvalue weighted by Gasteiger charge is -2.50. The summed E-state index contributed by atoms with van der Waals surface area (Å²) in [6.45, 7) is 4.66. The Kier molecular flexibility index (Phi) is 7.06. The third kappa shape index (κ3) is 3.56. The minimum Gasteiger partial charge on any atom is -0.392 e. The van der Waals surface area contributed by atoms with Crippen LogP contribution in [0.4, 0.5) is 0 Å². The molecule has 1 aliphatic carbocycles. The van der Waals surface area contributed by atoms with Crippen LogP contribution < -0.4 is 5.73 Å². The highest BCUT2D eigenvalue weighted by molar-refractivity contribution is 5.34. The number of rotatable bonds is 4. The maximum Gasteiger partial charge on any atom is 0.0979 e. The molecule has 0 amide bonds. The summed E-state index contributed by atoms with van der Waals surface area (Å²) in [7, 11) is 1.50. The van der Waals surface area contributed by atoms with Crippen molar-refractivity contribution in [2.45, 2.75) is 37.7 Å². The smallest absolute Gasteiger partial charge is 0.0979 e. The summed E-state index contributed by atoms with van der Waals surface area (Å²) in [5, 5.41) is 9.17. The second kappa shape index (κ2) is 8.31. The van der Waals surface area contributed by atoms with Gasteiger partial charge in [0.2, 0.25) is 0 Å². The fraction of sp³-hybridized carbons (Fsp3) is 0.625. The molecule has 0 spiro atoms. The molecule has 3 N–H and O–H groups in total. The van der Waals surface area contributed by atoms with Gasteiger partial charge in [0.15, 0.2) is 0 Å². The van der Waals surface area contributed by atoms with E-state index in [9.17, 15) is 5.11 Å². The number of allylic oxidation sites excluding steroid dienone is 2. The van der Waals surface area contributed by atoms with E-state index in [1.54, 1.807) is 6.08 Å². The van der Waals surface area contributed by atoms with Crippen molar-refractivity contribution >= 4 is 0 Å². The van der Waals surface area contributed by atoms with E-state index in [2.05, 4.69) is 12.3 Å². The van der Waals surface area contributed by atoms with Crippen LogP contribution in [0.3, 0.4) is 0 Å². The molecule has 2 aliphatic rings. The number of aliphatic hydroxyl groups is 1. The molecule has 19 heavy (non-hydrogen) atoms. The van der Waals surface area contributed by atoms with E-state index < -0.39 is 0 Å². The highest BCUT2D eigenvalue weighted by Crippen LogP contribution is 2.48. The molecule has 0 aromatic rings. The molecule has 1 unspecified atom stereocenters. The lowest BCUT2D eigenvalue weighted by Crippen LogP contribution is -2.54. The maximum absolute atomic E-state index is 9.17. The minimum absolute atomic E-state index is 0.0780. The van der Waals surface area contributed by atoms with Crippen molar-refractivity contribution in [3.05, 3.63) is 36.5 Å². The van der Waals surface area contributed by atoms with Crippen LogP contribution in [0.5, 0.6) is 0 Å². The van der Waals surface area contributed by atoms with Gasteiger partial charge in [-0.3, -0.25) is 0 Å². The van der Waals surface area contributed by atoms with Crippen LogP contribution in [-0.2, 0) is 4.74 Å². The van der Waals surface area contributed by atoms with E-state index in [-0.39, 0.29) is 12.2 Å². The van der Waals surface area contributed by atoms with Crippen molar-refractivity contribution in [2.24, 2.45) is 11.7 Å². The van der Waals surface area contributed by atoms with Crippen molar-refractivity contribution in [1.29, 1.82) is 0 Å². The van der Waals surface area contributed by atoms with E-state index in [1.165, 1.54) is 32.7 Å². The Hall–Kier alpha value is -0.900. The van der Waals surface area contributed by atoms with Gasteiger partial charge in [0, 0.05) is 5.92 Å². The van der Waals surface area contributed by atoms with Gasteiger partial charge in [-0.15, -0.1) is 0 Å². The zero-order valence-electron chi connectivity index (χ0n) is 12.0. The monoisotopic (exact) mass is 265 g/mol. The zero-order chi connectivity index (χ0) is 14.1. The quantitative estimate of drug-likeness (QED) is 0.768. The Bertz CT molecular complexity index is 336. The average molecular weight is 265 g/mol. The van der Waals surface area contributed by atoms with Gasteiger partial charge in [0.1, 0.15) is 0 Å². The summed E-state index contributed by atoms with van der Waals surface area (Å²) in [6.07, 6.45) is 13.8. The molecule has 0 radical (unpaired) electrons. The van der Waals surface area contributed by atoms with Crippen molar-refractivity contribution in [3.8, 4) is 0 Å². The summed E-state index contributed by atoms with van der Waals surface area (Å²) in [5.74, 6) is 0.636. The summed E-state index contributed by atoms with van der Waals surface area (Å²) in [5.41, 5.74) is 5.52. The molecule has 2 atom stereocenters. The molecule has 108 valence electrons. The molecule has 1 saturated heterocycles. The van der Waals surface area contributed by atoms with Crippen LogP contribution >= 0.6 is 0 Å². The number of fused-ring (bicyclic) bond motifs is 1. The Morgan fingerprint density at radius 1 is 1.42 bits per heavy atom. The lowest BCUT2D eigenvalue weighted by atomic mass is 9.73. The highest BCUT2D eigenvalue weighted by Gasteiger charge is 2.49. The number of hydrogen-bond donors (Lipinski definition) is 2. The molecule has 2 fully saturated rings. The van der Waals surface area contributed by atoms with Crippen LogP contribution in [0.15, 0.2) is 36.5 Å². The topological polar surface area (TPSA) is 55.5 Å². The average Bonchev–Trinajstić information content (AvgIpc) is 2.57.